The standard InChI is InChI=1S/C12H23NO3/c1-8(14)10(15)16-9-6-11(2,3)13-12(4,5)7-9/h8-9,13-14H,6-7H2,1-5H3. The number of piperidine rings is 1. The molecule has 1 fully saturated rings. The summed E-state index contributed by atoms with van der Waals surface area (Å²) >= 11 is 0. The third-order valence-electron chi connectivity index (χ3n) is 2.78. The van der Waals surface area contributed by atoms with Crippen molar-refractivity contribution in [3.8, 4) is 0 Å². The molecule has 1 heterocycles. The normalized spacial score (nSPS) is 26.1. The second kappa shape index (κ2) is 4.34. The number of aliphatic hydroxyl groups is 1. The van der Waals surface area contributed by atoms with Gasteiger partial charge in [0.15, 0.2) is 0 Å². The van der Waals surface area contributed by atoms with Crippen LogP contribution in [0.15, 0.2) is 0 Å². The van der Waals surface area contributed by atoms with Gasteiger partial charge in [0, 0.05) is 23.9 Å². The van der Waals surface area contributed by atoms with Gasteiger partial charge in [0.25, 0.3) is 0 Å². The molecular formula is C12H23NO3. The van der Waals surface area contributed by atoms with E-state index < -0.39 is 12.1 Å². The predicted octanol–water partition coefficient (Wildman–Crippen LogP) is 1.22. The minimum absolute atomic E-state index is 0.0502. The Hall–Kier alpha value is -0.610. The van der Waals surface area contributed by atoms with Gasteiger partial charge in [-0.15, -0.1) is 0 Å². The summed E-state index contributed by atoms with van der Waals surface area (Å²) in [5.41, 5.74) is -0.100. The Labute approximate surface area is 97.4 Å². The Morgan fingerprint density at radius 2 is 1.75 bits per heavy atom. The lowest BCUT2D eigenvalue weighted by Crippen LogP contribution is -2.59. The van der Waals surface area contributed by atoms with Crippen molar-refractivity contribution >= 4 is 5.97 Å². The highest BCUT2D eigenvalue weighted by atomic mass is 16.6. The molecular weight excluding hydrogens is 206 g/mol. The SMILES string of the molecule is CC(O)C(=O)OC1CC(C)(C)NC(C)(C)C1. The van der Waals surface area contributed by atoms with Crippen LogP contribution >= 0.6 is 0 Å². The number of hydrogen-bond acceptors (Lipinski definition) is 4. The zero-order valence-corrected chi connectivity index (χ0v) is 10.8. The van der Waals surface area contributed by atoms with Crippen LogP contribution in [0.2, 0.25) is 0 Å². The zero-order chi connectivity index (χ0) is 12.6. The van der Waals surface area contributed by atoms with E-state index in [1.54, 1.807) is 0 Å². The second-order valence-corrected chi connectivity index (χ2v) is 6.04. The van der Waals surface area contributed by atoms with Gasteiger partial charge in [-0.05, 0) is 34.6 Å². The molecule has 0 aliphatic carbocycles. The molecule has 16 heavy (non-hydrogen) atoms. The maximum Gasteiger partial charge on any atom is 0.334 e. The summed E-state index contributed by atoms with van der Waals surface area (Å²) in [7, 11) is 0. The van der Waals surface area contributed by atoms with E-state index in [-0.39, 0.29) is 17.2 Å². The van der Waals surface area contributed by atoms with Crippen LogP contribution in [0.4, 0.5) is 0 Å². The molecule has 0 radical (unpaired) electrons. The first kappa shape index (κ1) is 13.5. The molecule has 4 heteroatoms. The molecule has 0 amide bonds. The fourth-order valence-electron chi connectivity index (χ4n) is 2.57. The average molecular weight is 229 g/mol. The average Bonchev–Trinajstić information content (AvgIpc) is 1.96. The molecule has 1 aliphatic rings. The largest absolute Gasteiger partial charge is 0.460 e. The summed E-state index contributed by atoms with van der Waals surface area (Å²) in [5, 5.41) is 12.6. The highest BCUT2D eigenvalue weighted by Gasteiger charge is 2.39. The molecule has 0 aromatic rings. The summed E-state index contributed by atoms with van der Waals surface area (Å²) in [6, 6.07) is 0. The van der Waals surface area contributed by atoms with E-state index in [2.05, 4.69) is 33.0 Å². The lowest BCUT2D eigenvalue weighted by molar-refractivity contribution is -0.162. The van der Waals surface area contributed by atoms with E-state index in [9.17, 15) is 4.79 Å². The summed E-state index contributed by atoms with van der Waals surface area (Å²) in [4.78, 5) is 11.3. The Bertz CT molecular complexity index is 255. The number of carbonyl (C=O) groups excluding carboxylic acids is 1. The monoisotopic (exact) mass is 229 g/mol. The van der Waals surface area contributed by atoms with Gasteiger partial charge < -0.3 is 15.2 Å². The Balaban J connectivity index is 2.64. The summed E-state index contributed by atoms with van der Waals surface area (Å²) < 4.78 is 5.30. The molecule has 0 aromatic carbocycles. The zero-order valence-electron chi connectivity index (χ0n) is 10.8. The summed E-state index contributed by atoms with van der Waals surface area (Å²) in [6.45, 7) is 9.81. The Kier molecular flexibility index (Phi) is 3.65. The topological polar surface area (TPSA) is 58.6 Å². The van der Waals surface area contributed by atoms with E-state index in [1.165, 1.54) is 6.92 Å². The lowest BCUT2D eigenvalue weighted by Gasteiger charge is -2.45. The fourth-order valence-corrected chi connectivity index (χ4v) is 2.57. The molecule has 2 N–H and O–H groups in total. The Morgan fingerprint density at radius 1 is 1.31 bits per heavy atom. The van der Waals surface area contributed by atoms with E-state index in [0.717, 1.165) is 12.8 Å². The van der Waals surface area contributed by atoms with Crippen LogP contribution in [-0.4, -0.2) is 34.4 Å². The van der Waals surface area contributed by atoms with Crippen molar-refractivity contribution in [2.24, 2.45) is 0 Å². The number of ether oxygens (including phenoxy) is 1. The van der Waals surface area contributed by atoms with Gasteiger partial charge in [0.1, 0.15) is 12.2 Å². The van der Waals surface area contributed by atoms with Crippen molar-refractivity contribution in [2.75, 3.05) is 0 Å². The third-order valence-corrected chi connectivity index (χ3v) is 2.78. The molecule has 94 valence electrons. The first-order chi connectivity index (χ1) is 7.11. The highest BCUT2D eigenvalue weighted by Crippen LogP contribution is 2.30. The van der Waals surface area contributed by atoms with Crippen LogP contribution in [0.3, 0.4) is 0 Å². The number of aliphatic hydroxyl groups excluding tert-OH is 1. The number of nitrogens with one attached hydrogen (secondary N) is 1. The van der Waals surface area contributed by atoms with Crippen LogP contribution in [0.25, 0.3) is 0 Å². The van der Waals surface area contributed by atoms with Crippen molar-refractivity contribution in [1.82, 2.24) is 5.32 Å². The minimum Gasteiger partial charge on any atom is -0.460 e. The summed E-state index contributed by atoms with van der Waals surface area (Å²) in [6.07, 6.45) is 0.388. The van der Waals surface area contributed by atoms with Gasteiger partial charge in [0.2, 0.25) is 0 Å². The first-order valence-electron chi connectivity index (χ1n) is 5.79. The van der Waals surface area contributed by atoms with Gasteiger partial charge in [-0.2, -0.15) is 0 Å². The van der Waals surface area contributed by atoms with Crippen LogP contribution in [-0.2, 0) is 9.53 Å². The van der Waals surface area contributed by atoms with Gasteiger partial charge in [0.05, 0.1) is 0 Å². The quantitative estimate of drug-likeness (QED) is 0.699. The van der Waals surface area contributed by atoms with Gasteiger partial charge >= 0.3 is 5.97 Å². The Morgan fingerprint density at radius 3 is 2.12 bits per heavy atom. The van der Waals surface area contributed by atoms with Crippen LogP contribution in [0.1, 0.15) is 47.5 Å². The molecule has 0 saturated carbocycles. The van der Waals surface area contributed by atoms with Gasteiger partial charge in [-0.3, -0.25) is 0 Å². The van der Waals surface area contributed by atoms with Crippen molar-refractivity contribution in [1.29, 1.82) is 0 Å². The van der Waals surface area contributed by atoms with Crippen LogP contribution in [0.5, 0.6) is 0 Å². The molecule has 4 nitrogen and oxygen atoms in total. The first-order valence-corrected chi connectivity index (χ1v) is 5.79. The molecule has 0 aromatic heterocycles. The van der Waals surface area contributed by atoms with Gasteiger partial charge in [-0.25, -0.2) is 4.79 Å². The van der Waals surface area contributed by atoms with Crippen LogP contribution in [0, 0.1) is 0 Å². The highest BCUT2D eigenvalue weighted by molar-refractivity contribution is 5.74. The molecule has 1 unspecified atom stereocenters. The molecule has 0 spiro atoms. The smallest absolute Gasteiger partial charge is 0.334 e. The van der Waals surface area contributed by atoms with E-state index in [1.807, 2.05) is 0 Å². The molecule has 1 rings (SSSR count). The second-order valence-electron chi connectivity index (χ2n) is 6.04. The van der Waals surface area contributed by atoms with Crippen molar-refractivity contribution in [3.05, 3.63) is 0 Å². The molecule has 1 aliphatic heterocycles. The maximum atomic E-state index is 11.3. The molecule has 1 saturated heterocycles. The number of hydrogen-bond donors (Lipinski definition) is 2. The third kappa shape index (κ3) is 3.76. The maximum absolute atomic E-state index is 11.3. The minimum atomic E-state index is -1.04. The van der Waals surface area contributed by atoms with Crippen LogP contribution < -0.4 is 5.32 Å². The van der Waals surface area contributed by atoms with Gasteiger partial charge in [-0.1, -0.05) is 0 Å². The van der Waals surface area contributed by atoms with E-state index >= 15 is 0 Å². The predicted molar refractivity (Wildman–Crippen MR) is 62.1 cm³/mol. The lowest BCUT2D eigenvalue weighted by atomic mass is 9.81. The number of esters is 1. The van der Waals surface area contributed by atoms with Crippen molar-refractivity contribution in [3.63, 3.8) is 0 Å². The fraction of sp³-hybridized carbons (Fsp3) is 0.917. The van der Waals surface area contributed by atoms with E-state index in [4.69, 9.17) is 9.84 Å². The molecule has 0 bridgehead atoms. The number of carbonyl (C=O) groups is 1. The van der Waals surface area contributed by atoms with E-state index in [0.29, 0.717) is 0 Å². The van der Waals surface area contributed by atoms with Crippen molar-refractivity contribution < 1.29 is 14.6 Å². The molecule has 1 atom stereocenters. The number of rotatable bonds is 2. The summed E-state index contributed by atoms with van der Waals surface area (Å²) in [5.74, 6) is -0.529. The van der Waals surface area contributed by atoms with Crippen molar-refractivity contribution in [2.45, 2.75) is 70.7 Å².